The van der Waals surface area contributed by atoms with Gasteiger partial charge in [0.15, 0.2) is 17.2 Å². The largest absolute Gasteiger partial charge is 0.393 e. The maximum Gasteiger partial charge on any atom is 0.359 e. The van der Waals surface area contributed by atoms with Gasteiger partial charge in [-0.05, 0) is 38.3 Å². The molecule has 214 valence electrons. The number of fused-ring (bicyclic) bond motifs is 1. The van der Waals surface area contributed by atoms with Gasteiger partial charge in [-0.1, -0.05) is 12.8 Å². The molecule has 2 aliphatic rings. The molecule has 0 bridgehead atoms. The SMILES string of the molecule is CC(C)OCC[C@@](CO)(OC[C@H]1O[C@@H](n2ncc3c(NC4CCCC4)nc(Cl)nc32)[C@H](O)[C@@H]1O)P(=O)(O)O. The van der Waals surface area contributed by atoms with E-state index in [9.17, 15) is 29.7 Å². The summed E-state index contributed by atoms with van der Waals surface area (Å²) in [6.07, 6.45) is -0.136. The lowest BCUT2D eigenvalue weighted by Gasteiger charge is -2.33. The maximum atomic E-state index is 12.3. The van der Waals surface area contributed by atoms with E-state index in [1.807, 2.05) is 0 Å². The topological polar surface area (TPSA) is 202 Å². The first-order valence-electron chi connectivity index (χ1n) is 12.6. The second-order valence-electron chi connectivity index (χ2n) is 9.97. The van der Waals surface area contributed by atoms with Gasteiger partial charge in [0.05, 0.1) is 37.5 Å². The number of hydrogen-bond donors (Lipinski definition) is 6. The van der Waals surface area contributed by atoms with Gasteiger partial charge < -0.3 is 44.6 Å². The van der Waals surface area contributed by atoms with Crippen LogP contribution in [0.1, 0.15) is 52.2 Å². The molecule has 2 aromatic heterocycles. The molecule has 1 saturated carbocycles. The van der Waals surface area contributed by atoms with Crippen LogP contribution in [-0.4, -0.2) is 100 Å². The van der Waals surface area contributed by atoms with Crippen molar-refractivity contribution in [1.82, 2.24) is 19.7 Å². The number of anilines is 1. The van der Waals surface area contributed by atoms with Crippen LogP contribution >= 0.6 is 19.2 Å². The van der Waals surface area contributed by atoms with Crippen LogP contribution < -0.4 is 5.32 Å². The van der Waals surface area contributed by atoms with Gasteiger partial charge in [-0.25, -0.2) is 4.68 Å². The van der Waals surface area contributed by atoms with E-state index in [0.29, 0.717) is 11.2 Å². The summed E-state index contributed by atoms with van der Waals surface area (Å²) in [5.41, 5.74) is 0.272. The number of aliphatic hydroxyl groups is 3. The highest BCUT2D eigenvalue weighted by molar-refractivity contribution is 7.53. The van der Waals surface area contributed by atoms with Crippen molar-refractivity contribution in [3.05, 3.63) is 11.5 Å². The Kier molecular flexibility index (Phi) is 9.30. The predicted octanol–water partition coefficient (Wildman–Crippen LogP) is 1.15. The lowest BCUT2D eigenvalue weighted by molar-refractivity contribution is -0.117. The Morgan fingerprint density at radius 2 is 1.97 bits per heavy atom. The first-order valence-corrected chi connectivity index (χ1v) is 14.6. The Bertz CT molecular complexity index is 1140. The van der Waals surface area contributed by atoms with E-state index in [-0.39, 0.29) is 36.1 Å². The molecular weight excluding hydrogens is 545 g/mol. The molecule has 2 fully saturated rings. The summed E-state index contributed by atoms with van der Waals surface area (Å²) in [6, 6.07) is 0.246. The van der Waals surface area contributed by atoms with Crippen molar-refractivity contribution in [1.29, 1.82) is 0 Å². The van der Waals surface area contributed by atoms with Gasteiger partial charge in [0, 0.05) is 12.5 Å². The number of rotatable bonds is 12. The van der Waals surface area contributed by atoms with E-state index < -0.39 is 50.7 Å². The molecule has 1 aliphatic carbocycles. The lowest BCUT2D eigenvalue weighted by atomic mass is 10.1. The van der Waals surface area contributed by atoms with Crippen molar-refractivity contribution in [3.8, 4) is 0 Å². The molecule has 0 unspecified atom stereocenters. The number of halogens is 1. The Balaban J connectivity index is 1.52. The highest BCUT2D eigenvalue weighted by Gasteiger charge is 2.51. The molecule has 1 aliphatic heterocycles. The Hall–Kier alpha value is -1.45. The average Bonchev–Trinajstić information content (AvgIpc) is 3.56. The van der Waals surface area contributed by atoms with Gasteiger partial charge >= 0.3 is 7.60 Å². The van der Waals surface area contributed by atoms with E-state index in [1.54, 1.807) is 13.8 Å². The zero-order chi connectivity index (χ0) is 27.7. The monoisotopic (exact) mass is 579 g/mol. The first kappa shape index (κ1) is 29.5. The molecule has 3 heterocycles. The zero-order valence-corrected chi connectivity index (χ0v) is 22.8. The molecule has 1 saturated heterocycles. The summed E-state index contributed by atoms with van der Waals surface area (Å²) >= 11 is 6.17. The van der Waals surface area contributed by atoms with Crippen molar-refractivity contribution >= 4 is 36.0 Å². The van der Waals surface area contributed by atoms with Gasteiger partial charge in [0.1, 0.15) is 24.1 Å². The van der Waals surface area contributed by atoms with Crippen LogP contribution in [0.5, 0.6) is 0 Å². The van der Waals surface area contributed by atoms with Crippen molar-refractivity contribution in [2.45, 2.75) is 88.0 Å². The lowest BCUT2D eigenvalue weighted by Crippen LogP contribution is -2.42. The number of aliphatic hydroxyl groups excluding tert-OH is 3. The number of nitrogens with zero attached hydrogens (tertiary/aromatic N) is 4. The van der Waals surface area contributed by atoms with E-state index in [2.05, 4.69) is 20.4 Å². The molecule has 5 atom stereocenters. The maximum absolute atomic E-state index is 12.3. The van der Waals surface area contributed by atoms with Gasteiger partial charge in [-0.15, -0.1) is 0 Å². The third-order valence-corrected chi connectivity index (χ3v) is 8.66. The molecule has 4 rings (SSSR count). The minimum atomic E-state index is -4.99. The van der Waals surface area contributed by atoms with Crippen LogP contribution in [0.15, 0.2) is 6.20 Å². The average molecular weight is 580 g/mol. The fourth-order valence-corrected chi connectivity index (χ4v) is 5.71. The van der Waals surface area contributed by atoms with Gasteiger partial charge in [0.2, 0.25) is 5.28 Å². The fraction of sp³-hybridized carbons (Fsp3) is 0.773. The van der Waals surface area contributed by atoms with Gasteiger partial charge in [-0.3, -0.25) is 4.57 Å². The van der Waals surface area contributed by atoms with Crippen molar-refractivity contribution in [2.75, 3.05) is 25.1 Å². The minimum Gasteiger partial charge on any atom is -0.393 e. The standard InChI is InChI=1S/C22H35ClN5O9P/c1-12(2)35-8-7-22(11-29,38(32,33)34)36-10-15-16(30)17(31)20(37-15)28-19-14(9-24-28)18(26-21(23)27-19)25-13-5-3-4-6-13/h9,12-13,15-17,20,29-31H,3-8,10-11H2,1-2H3,(H,25,26,27)(H2,32,33,34)/t15-,16-,17-,20-,22-/m1/s1. The highest BCUT2D eigenvalue weighted by Crippen LogP contribution is 2.53. The Labute approximate surface area is 224 Å². The van der Waals surface area contributed by atoms with Crippen LogP contribution in [0.2, 0.25) is 5.28 Å². The van der Waals surface area contributed by atoms with Gasteiger partial charge in [-0.2, -0.15) is 15.1 Å². The molecule has 0 aromatic carbocycles. The molecule has 2 aromatic rings. The summed E-state index contributed by atoms with van der Waals surface area (Å²) in [6.45, 7) is 1.90. The number of aromatic nitrogens is 4. The van der Waals surface area contributed by atoms with Crippen molar-refractivity contribution in [3.63, 3.8) is 0 Å². The second kappa shape index (κ2) is 12.0. The highest BCUT2D eigenvalue weighted by atomic mass is 35.5. The summed E-state index contributed by atoms with van der Waals surface area (Å²) in [4.78, 5) is 28.4. The summed E-state index contributed by atoms with van der Waals surface area (Å²) in [5, 5.41) is 37.2. The molecular formula is C22H35ClN5O9P. The van der Waals surface area contributed by atoms with Crippen LogP contribution in [0.25, 0.3) is 11.0 Å². The van der Waals surface area contributed by atoms with Gasteiger partial charge in [0.25, 0.3) is 0 Å². The first-order chi connectivity index (χ1) is 18.0. The number of ether oxygens (including phenoxy) is 3. The third-order valence-electron chi connectivity index (χ3n) is 6.94. The molecule has 0 spiro atoms. The molecule has 6 N–H and O–H groups in total. The minimum absolute atomic E-state index is 0.0364. The summed E-state index contributed by atoms with van der Waals surface area (Å²) < 4.78 is 30.3. The Morgan fingerprint density at radius 1 is 1.26 bits per heavy atom. The van der Waals surface area contributed by atoms with E-state index in [1.165, 1.54) is 10.9 Å². The van der Waals surface area contributed by atoms with Crippen LogP contribution in [0.4, 0.5) is 5.82 Å². The van der Waals surface area contributed by atoms with Crippen LogP contribution in [-0.2, 0) is 18.8 Å². The van der Waals surface area contributed by atoms with Crippen molar-refractivity contribution < 1.29 is 43.9 Å². The van der Waals surface area contributed by atoms with E-state index >= 15 is 0 Å². The molecule has 0 radical (unpaired) electrons. The number of hydrogen-bond acceptors (Lipinski definition) is 11. The normalized spacial score (nSPS) is 26.4. The van der Waals surface area contributed by atoms with E-state index in [4.69, 9.17) is 25.8 Å². The molecule has 14 nitrogen and oxygen atoms in total. The number of nitrogens with one attached hydrogen (secondary N) is 1. The summed E-state index contributed by atoms with van der Waals surface area (Å²) in [5.74, 6) is 0.504. The predicted molar refractivity (Wildman–Crippen MR) is 136 cm³/mol. The summed E-state index contributed by atoms with van der Waals surface area (Å²) in [7, 11) is -4.99. The quantitative estimate of drug-likeness (QED) is 0.154. The van der Waals surface area contributed by atoms with E-state index in [0.717, 1.165) is 25.7 Å². The van der Waals surface area contributed by atoms with Crippen molar-refractivity contribution in [2.24, 2.45) is 0 Å². The molecule has 38 heavy (non-hydrogen) atoms. The van der Waals surface area contributed by atoms with Crippen LogP contribution in [0.3, 0.4) is 0 Å². The Morgan fingerprint density at radius 3 is 2.61 bits per heavy atom. The van der Waals surface area contributed by atoms with Crippen LogP contribution in [0, 0.1) is 0 Å². The second-order valence-corrected chi connectivity index (χ2v) is 12.2. The third kappa shape index (κ3) is 6.15. The molecule has 0 amide bonds. The fourth-order valence-electron chi connectivity index (χ4n) is 4.74. The smallest absolute Gasteiger partial charge is 0.359 e. The zero-order valence-electron chi connectivity index (χ0n) is 21.2. The molecule has 16 heteroatoms.